The Hall–Kier alpha value is -1.43. The number of imidazole rings is 1. The summed E-state index contributed by atoms with van der Waals surface area (Å²) in [5, 5.41) is 18.2. The van der Waals surface area contributed by atoms with Gasteiger partial charge in [-0.05, 0) is 26.0 Å². The zero-order valence-electron chi connectivity index (χ0n) is 12.2. The maximum Gasteiger partial charge on any atom is 0.124 e. The van der Waals surface area contributed by atoms with Crippen molar-refractivity contribution in [2.24, 2.45) is 0 Å². The summed E-state index contributed by atoms with van der Waals surface area (Å²) in [5.74, 6) is 0.975. The number of para-hydroxylation sites is 2. The van der Waals surface area contributed by atoms with Crippen molar-refractivity contribution in [3.05, 3.63) is 30.1 Å². The largest absolute Gasteiger partial charge is 0.395 e. The van der Waals surface area contributed by atoms with Crippen LogP contribution in [0, 0.1) is 0 Å². The molecule has 2 rings (SSSR count). The number of hydrogen-bond acceptors (Lipinski definition) is 4. The Morgan fingerprint density at radius 2 is 1.80 bits per heavy atom. The van der Waals surface area contributed by atoms with Crippen LogP contribution in [0.15, 0.2) is 24.3 Å². The van der Waals surface area contributed by atoms with Crippen LogP contribution in [0.25, 0.3) is 11.0 Å². The first kappa shape index (κ1) is 15.0. The third kappa shape index (κ3) is 3.17. The van der Waals surface area contributed by atoms with E-state index < -0.39 is 0 Å². The number of hydrogen-bond donors (Lipinski definition) is 2. The van der Waals surface area contributed by atoms with Gasteiger partial charge >= 0.3 is 0 Å². The van der Waals surface area contributed by atoms with Crippen molar-refractivity contribution >= 4 is 11.0 Å². The standard InChI is InChI=1S/C15H23N3O2/c1-12(2)18-14-6-4-3-5-13(14)16-15(18)11-17(7-9-19)8-10-20/h3-6,12,19-20H,7-11H2,1-2H3. The second-order valence-electron chi connectivity index (χ2n) is 5.20. The van der Waals surface area contributed by atoms with E-state index in [1.807, 2.05) is 23.1 Å². The number of nitrogens with zero attached hydrogens (tertiary/aromatic N) is 3. The molecule has 0 aliphatic carbocycles. The molecule has 0 radical (unpaired) electrons. The van der Waals surface area contributed by atoms with Gasteiger partial charge in [-0.2, -0.15) is 0 Å². The summed E-state index contributed by atoms with van der Waals surface area (Å²) in [4.78, 5) is 6.71. The lowest BCUT2D eigenvalue weighted by Crippen LogP contribution is -2.30. The maximum absolute atomic E-state index is 9.11. The quantitative estimate of drug-likeness (QED) is 0.803. The SMILES string of the molecule is CC(C)n1c(CN(CCO)CCO)nc2ccccc21. The normalized spacial score (nSPS) is 11.9. The molecular weight excluding hydrogens is 254 g/mol. The highest BCUT2D eigenvalue weighted by Gasteiger charge is 2.15. The predicted octanol–water partition coefficient (Wildman–Crippen LogP) is 1.40. The molecule has 0 bridgehead atoms. The maximum atomic E-state index is 9.11. The van der Waals surface area contributed by atoms with E-state index in [0.29, 0.717) is 25.7 Å². The van der Waals surface area contributed by atoms with E-state index in [0.717, 1.165) is 16.9 Å². The number of aromatic nitrogens is 2. The third-order valence-corrected chi connectivity index (χ3v) is 3.38. The summed E-state index contributed by atoms with van der Waals surface area (Å²) in [6, 6.07) is 8.42. The van der Waals surface area contributed by atoms with Gasteiger partial charge in [0.1, 0.15) is 5.82 Å². The molecule has 1 aromatic carbocycles. The highest BCUT2D eigenvalue weighted by atomic mass is 16.3. The molecule has 0 aliphatic heterocycles. The summed E-state index contributed by atoms with van der Waals surface area (Å²) in [5.41, 5.74) is 2.12. The molecule has 2 N–H and O–H groups in total. The van der Waals surface area contributed by atoms with Crippen molar-refractivity contribution in [3.8, 4) is 0 Å². The van der Waals surface area contributed by atoms with Crippen LogP contribution in [0.4, 0.5) is 0 Å². The van der Waals surface area contributed by atoms with Crippen LogP contribution in [-0.4, -0.2) is 51.0 Å². The second-order valence-corrected chi connectivity index (χ2v) is 5.20. The summed E-state index contributed by atoms with van der Waals surface area (Å²) >= 11 is 0. The van der Waals surface area contributed by atoms with Crippen LogP contribution >= 0.6 is 0 Å². The van der Waals surface area contributed by atoms with E-state index in [1.54, 1.807) is 0 Å². The van der Waals surface area contributed by atoms with Gasteiger partial charge in [0.05, 0.1) is 30.8 Å². The minimum atomic E-state index is 0.0852. The van der Waals surface area contributed by atoms with Crippen LogP contribution in [-0.2, 0) is 6.54 Å². The molecule has 110 valence electrons. The van der Waals surface area contributed by atoms with Gasteiger partial charge < -0.3 is 14.8 Å². The first-order chi connectivity index (χ1) is 9.67. The highest BCUT2D eigenvalue weighted by Crippen LogP contribution is 2.21. The van der Waals surface area contributed by atoms with Crippen LogP contribution in [0.5, 0.6) is 0 Å². The van der Waals surface area contributed by atoms with Crippen molar-refractivity contribution < 1.29 is 10.2 Å². The van der Waals surface area contributed by atoms with Gasteiger partial charge in [-0.25, -0.2) is 4.98 Å². The molecule has 0 atom stereocenters. The van der Waals surface area contributed by atoms with Gasteiger partial charge in [0, 0.05) is 19.1 Å². The number of benzene rings is 1. The van der Waals surface area contributed by atoms with Crippen LogP contribution in [0.2, 0.25) is 0 Å². The molecule has 1 heterocycles. The number of aliphatic hydroxyl groups is 2. The first-order valence-electron chi connectivity index (χ1n) is 7.07. The molecule has 0 fully saturated rings. The fraction of sp³-hybridized carbons (Fsp3) is 0.533. The molecule has 0 saturated carbocycles. The van der Waals surface area contributed by atoms with E-state index >= 15 is 0 Å². The summed E-state index contributed by atoms with van der Waals surface area (Å²) < 4.78 is 2.22. The van der Waals surface area contributed by atoms with Gasteiger partial charge in [-0.1, -0.05) is 12.1 Å². The Kier molecular flexibility index (Phi) is 5.11. The lowest BCUT2D eigenvalue weighted by molar-refractivity contribution is 0.152. The zero-order valence-corrected chi connectivity index (χ0v) is 12.2. The van der Waals surface area contributed by atoms with Crippen LogP contribution < -0.4 is 0 Å². The highest BCUT2D eigenvalue weighted by molar-refractivity contribution is 5.76. The second kappa shape index (κ2) is 6.83. The van der Waals surface area contributed by atoms with Gasteiger partial charge in [0.2, 0.25) is 0 Å². The molecule has 0 amide bonds. The molecule has 5 heteroatoms. The number of fused-ring (bicyclic) bond motifs is 1. The van der Waals surface area contributed by atoms with Crippen molar-refractivity contribution in [1.82, 2.24) is 14.5 Å². The molecule has 0 unspecified atom stereocenters. The average Bonchev–Trinajstić information content (AvgIpc) is 2.77. The lowest BCUT2D eigenvalue weighted by atomic mass is 10.3. The van der Waals surface area contributed by atoms with Crippen molar-refractivity contribution in [2.45, 2.75) is 26.4 Å². The Morgan fingerprint density at radius 3 is 2.40 bits per heavy atom. The fourth-order valence-electron chi connectivity index (χ4n) is 2.53. The molecular formula is C15H23N3O2. The van der Waals surface area contributed by atoms with Crippen molar-refractivity contribution in [1.29, 1.82) is 0 Å². The lowest BCUT2D eigenvalue weighted by Gasteiger charge is -2.21. The number of aliphatic hydroxyl groups excluding tert-OH is 2. The Morgan fingerprint density at radius 1 is 1.15 bits per heavy atom. The minimum Gasteiger partial charge on any atom is -0.395 e. The van der Waals surface area contributed by atoms with E-state index in [2.05, 4.69) is 24.5 Å². The molecule has 0 saturated heterocycles. The molecule has 0 aliphatic rings. The molecule has 5 nitrogen and oxygen atoms in total. The Balaban J connectivity index is 2.34. The summed E-state index contributed by atoms with van der Waals surface area (Å²) in [6.45, 7) is 6.17. The van der Waals surface area contributed by atoms with Gasteiger partial charge in [-0.15, -0.1) is 0 Å². The summed E-state index contributed by atoms with van der Waals surface area (Å²) in [7, 11) is 0. The smallest absolute Gasteiger partial charge is 0.124 e. The van der Waals surface area contributed by atoms with Crippen molar-refractivity contribution in [3.63, 3.8) is 0 Å². The van der Waals surface area contributed by atoms with Gasteiger partial charge in [-0.3, -0.25) is 4.90 Å². The third-order valence-electron chi connectivity index (χ3n) is 3.38. The minimum absolute atomic E-state index is 0.0852. The fourth-order valence-corrected chi connectivity index (χ4v) is 2.53. The molecule has 2 aromatic rings. The summed E-state index contributed by atoms with van der Waals surface area (Å²) in [6.07, 6.45) is 0. The Labute approximate surface area is 119 Å². The zero-order chi connectivity index (χ0) is 14.5. The van der Waals surface area contributed by atoms with E-state index in [-0.39, 0.29) is 13.2 Å². The molecule has 0 spiro atoms. The molecule has 1 aromatic heterocycles. The van der Waals surface area contributed by atoms with Gasteiger partial charge in [0.15, 0.2) is 0 Å². The van der Waals surface area contributed by atoms with E-state index in [9.17, 15) is 0 Å². The van der Waals surface area contributed by atoms with Crippen LogP contribution in [0.3, 0.4) is 0 Å². The molecule has 20 heavy (non-hydrogen) atoms. The monoisotopic (exact) mass is 277 g/mol. The van der Waals surface area contributed by atoms with Gasteiger partial charge in [0.25, 0.3) is 0 Å². The Bertz CT molecular complexity index is 545. The van der Waals surface area contributed by atoms with Crippen LogP contribution in [0.1, 0.15) is 25.7 Å². The number of rotatable bonds is 7. The predicted molar refractivity (Wildman–Crippen MR) is 79.6 cm³/mol. The van der Waals surface area contributed by atoms with Crippen molar-refractivity contribution in [2.75, 3.05) is 26.3 Å². The topological polar surface area (TPSA) is 61.5 Å². The van der Waals surface area contributed by atoms with E-state index in [1.165, 1.54) is 0 Å². The first-order valence-corrected chi connectivity index (χ1v) is 7.07. The van der Waals surface area contributed by atoms with E-state index in [4.69, 9.17) is 15.2 Å². The average molecular weight is 277 g/mol.